The van der Waals surface area contributed by atoms with Gasteiger partial charge in [-0.25, -0.2) is 0 Å². The predicted octanol–water partition coefficient (Wildman–Crippen LogP) is 16.7. The average Bonchev–Trinajstić information content (AvgIpc) is 3.17. The number of rotatable bonds is 41. The molecule has 0 bridgehead atoms. The van der Waals surface area contributed by atoms with Crippen LogP contribution >= 0.6 is 7.37 Å². The fourth-order valence-electron chi connectivity index (χ4n) is 7.93. The van der Waals surface area contributed by atoms with Crippen LogP contribution in [0.5, 0.6) is 0 Å². The molecule has 5 heteroatoms. The van der Waals surface area contributed by atoms with E-state index in [1.165, 1.54) is 128 Å². The van der Waals surface area contributed by atoms with Crippen molar-refractivity contribution in [1.82, 2.24) is 4.90 Å². The molecule has 0 aliphatic rings. The maximum Gasteiger partial charge on any atom is 0.200 e. The summed E-state index contributed by atoms with van der Waals surface area (Å²) in [5, 5.41) is 12.1. The van der Waals surface area contributed by atoms with E-state index in [9.17, 15) is 14.6 Å². The summed E-state index contributed by atoms with van der Waals surface area (Å²) >= 11 is 0. The second-order valence-corrected chi connectivity index (χ2v) is 21.6. The summed E-state index contributed by atoms with van der Waals surface area (Å²) in [7, 11) is -0.810. The molecular weight excluding hydrogens is 718 g/mol. The lowest BCUT2D eigenvalue weighted by atomic mass is 9.69. The molecule has 0 saturated heterocycles. The van der Waals surface area contributed by atoms with Gasteiger partial charge in [-0.1, -0.05) is 173 Å². The Bertz CT molecular complexity index is 1030. The van der Waals surface area contributed by atoms with Crippen molar-refractivity contribution in [3.8, 4) is 0 Å². The van der Waals surface area contributed by atoms with E-state index in [-0.39, 0.29) is 11.0 Å². The maximum absolute atomic E-state index is 12.2. The zero-order valence-electron chi connectivity index (χ0n) is 39.7. The lowest BCUT2D eigenvalue weighted by Gasteiger charge is -2.48. The highest BCUT2D eigenvalue weighted by Gasteiger charge is 2.40. The van der Waals surface area contributed by atoms with Crippen LogP contribution in [0.25, 0.3) is 0 Å². The molecule has 0 aliphatic carbocycles. The van der Waals surface area contributed by atoms with Crippen LogP contribution in [-0.4, -0.2) is 52.0 Å². The first-order valence-corrected chi connectivity index (χ1v) is 26.6. The Labute approximate surface area is 357 Å². The molecule has 0 aromatic rings. The molecule has 336 valence electrons. The lowest BCUT2D eigenvalue weighted by Crippen LogP contribution is -2.52. The fourth-order valence-corrected chi connectivity index (χ4v) is 8.89. The molecule has 1 atom stereocenters. The zero-order valence-corrected chi connectivity index (χ0v) is 40.5. The van der Waals surface area contributed by atoms with Gasteiger partial charge >= 0.3 is 0 Å². The predicted molar refractivity (Wildman–Crippen MR) is 257 cm³/mol. The number of aliphatic hydroxyl groups is 1. The molecule has 0 spiro atoms. The number of allylic oxidation sites excluding steroid dienone is 8. The Morgan fingerprint density at radius 3 is 1.26 bits per heavy atom. The molecule has 57 heavy (non-hydrogen) atoms. The highest BCUT2D eigenvalue weighted by molar-refractivity contribution is 7.57. The van der Waals surface area contributed by atoms with Crippen molar-refractivity contribution in [3.05, 3.63) is 48.6 Å². The first-order valence-electron chi connectivity index (χ1n) is 24.6. The number of hydrogen-bond acceptors (Lipinski definition) is 3. The highest BCUT2D eigenvalue weighted by Crippen LogP contribution is 2.43. The Morgan fingerprint density at radius 2 is 0.860 bits per heavy atom. The van der Waals surface area contributed by atoms with Crippen LogP contribution in [0, 0.1) is 5.41 Å². The molecule has 1 unspecified atom stereocenters. The van der Waals surface area contributed by atoms with Gasteiger partial charge in [0, 0.05) is 17.9 Å². The topological polar surface area (TPSA) is 60.8 Å². The summed E-state index contributed by atoms with van der Waals surface area (Å²) < 4.78 is 12.2. The van der Waals surface area contributed by atoms with Crippen molar-refractivity contribution < 1.29 is 14.6 Å². The second kappa shape index (κ2) is 35.8. The lowest BCUT2D eigenvalue weighted by molar-refractivity contribution is -0.00796. The zero-order chi connectivity index (χ0) is 42.6. The summed E-state index contributed by atoms with van der Waals surface area (Å²) in [5.74, 6) is 0. The number of nitrogens with zero attached hydrogens (tertiary/aromatic N) is 1. The highest BCUT2D eigenvalue weighted by atomic mass is 31.2. The van der Waals surface area contributed by atoms with Crippen LogP contribution in [0.15, 0.2) is 48.6 Å². The third-order valence-electron chi connectivity index (χ3n) is 13.2. The van der Waals surface area contributed by atoms with Gasteiger partial charge in [0.25, 0.3) is 0 Å². The molecule has 0 saturated carbocycles. The van der Waals surface area contributed by atoms with E-state index in [4.69, 9.17) is 0 Å². The molecule has 0 heterocycles. The van der Waals surface area contributed by atoms with Crippen LogP contribution in [-0.2, 0) is 4.57 Å². The summed E-state index contributed by atoms with van der Waals surface area (Å²) in [4.78, 5) is 12.5. The van der Waals surface area contributed by atoms with Gasteiger partial charge in [0.2, 0.25) is 0 Å². The first-order chi connectivity index (χ1) is 27.3. The fraction of sp³-hybridized carbons (Fsp3) is 0.846. The van der Waals surface area contributed by atoms with E-state index in [2.05, 4.69) is 102 Å². The second-order valence-electron chi connectivity index (χ2n) is 18.9. The molecule has 0 aromatic heterocycles. The van der Waals surface area contributed by atoms with Gasteiger partial charge in [-0.3, -0.25) is 4.57 Å². The minimum absolute atomic E-state index is 0.0522. The standard InChI is InChI=1S/C52H100NO3P/c1-9-12-14-16-18-20-22-24-26-28-30-32-34-36-38-40-45-52(54,46-41-39-37-35-33-31-29-27-25-23-21-19-17-15-13-10-2)47-42-44-50(4,5)51(6,7)53(8)48-43-49-57(55,56)11-3/h18-21,24-27,54H,9-17,22-23,28-49H2,1-8H3,(H,55,56)/b20-18-,21-19-,26-24-,27-25-. The van der Waals surface area contributed by atoms with Crippen molar-refractivity contribution in [2.75, 3.05) is 25.9 Å². The van der Waals surface area contributed by atoms with Crippen molar-refractivity contribution in [1.29, 1.82) is 0 Å². The van der Waals surface area contributed by atoms with Crippen LogP contribution < -0.4 is 0 Å². The van der Waals surface area contributed by atoms with Gasteiger partial charge in [0.15, 0.2) is 7.37 Å². The Hall–Kier alpha value is -0.930. The molecule has 0 aromatic carbocycles. The largest absolute Gasteiger partial charge is 0.390 e. The van der Waals surface area contributed by atoms with Gasteiger partial charge in [0.05, 0.1) is 5.60 Å². The summed E-state index contributed by atoms with van der Waals surface area (Å²) in [6.45, 7) is 16.6. The third-order valence-corrected chi connectivity index (χ3v) is 15.2. The van der Waals surface area contributed by atoms with E-state index in [0.29, 0.717) is 12.3 Å². The van der Waals surface area contributed by atoms with E-state index in [1.54, 1.807) is 0 Å². The van der Waals surface area contributed by atoms with Crippen molar-refractivity contribution in [3.63, 3.8) is 0 Å². The van der Waals surface area contributed by atoms with Crippen molar-refractivity contribution >= 4 is 7.37 Å². The Kier molecular flexibility index (Phi) is 35.2. The average molecular weight is 818 g/mol. The molecule has 0 amide bonds. The van der Waals surface area contributed by atoms with E-state index in [0.717, 1.165) is 70.8 Å². The monoisotopic (exact) mass is 818 g/mol. The van der Waals surface area contributed by atoms with Crippen LogP contribution in [0.3, 0.4) is 0 Å². The Morgan fingerprint density at radius 1 is 0.491 bits per heavy atom. The number of hydrogen-bond donors (Lipinski definition) is 2. The molecular formula is C52H100NO3P. The first kappa shape index (κ1) is 56.1. The van der Waals surface area contributed by atoms with Gasteiger partial charge in [0.1, 0.15) is 0 Å². The van der Waals surface area contributed by atoms with Gasteiger partial charge < -0.3 is 14.9 Å². The summed E-state index contributed by atoms with van der Waals surface area (Å²) in [5.41, 5.74) is -0.562. The maximum atomic E-state index is 12.2. The SMILES string of the molecule is CCCCC/C=C\C/C=C\CCCCCCCCC(O)(CCCCCCCC/C=C\C/C=C\CCCCC)CCCC(C)(C)C(C)(C)N(C)CCCP(=O)(O)CC. The molecule has 4 nitrogen and oxygen atoms in total. The number of unbranched alkanes of at least 4 members (excludes halogenated alkanes) is 18. The van der Waals surface area contributed by atoms with Crippen molar-refractivity contribution in [2.45, 2.75) is 252 Å². The van der Waals surface area contributed by atoms with Gasteiger partial charge in [-0.2, -0.15) is 0 Å². The molecule has 0 aliphatic heterocycles. The molecule has 0 radical (unpaired) electrons. The molecule has 2 N–H and O–H groups in total. The minimum atomic E-state index is -2.98. The van der Waals surface area contributed by atoms with E-state index >= 15 is 0 Å². The van der Waals surface area contributed by atoms with Crippen molar-refractivity contribution in [2.24, 2.45) is 5.41 Å². The smallest absolute Gasteiger partial charge is 0.200 e. The van der Waals surface area contributed by atoms with Crippen LogP contribution in [0.4, 0.5) is 0 Å². The summed E-state index contributed by atoms with van der Waals surface area (Å²) in [6, 6.07) is 0. The Balaban J connectivity index is 4.77. The molecule has 0 fully saturated rings. The van der Waals surface area contributed by atoms with Gasteiger partial charge in [-0.15, -0.1) is 0 Å². The summed E-state index contributed by atoms with van der Waals surface area (Å²) in [6.07, 6.45) is 55.1. The quantitative estimate of drug-likeness (QED) is 0.0366. The molecule has 0 rings (SSSR count). The van der Waals surface area contributed by atoms with Crippen LogP contribution in [0.2, 0.25) is 0 Å². The van der Waals surface area contributed by atoms with E-state index < -0.39 is 13.0 Å². The third kappa shape index (κ3) is 31.6. The van der Waals surface area contributed by atoms with E-state index in [1.807, 2.05) is 6.92 Å². The normalized spacial score (nSPS) is 14.4. The minimum Gasteiger partial charge on any atom is -0.390 e. The van der Waals surface area contributed by atoms with Gasteiger partial charge in [-0.05, 0) is 136 Å². The van der Waals surface area contributed by atoms with Crippen LogP contribution in [0.1, 0.15) is 241 Å².